The number of rotatable bonds is 8. The summed E-state index contributed by atoms with van der Waals surface area (Å²) in [6.45, 7) is 3.20. The fraction of sp³-hybridized carbons (Fsp3) is 0.158. The Kier molecular flexibility index (Phi) is 7.11. The second-order valence-corrected chi connectivity index (χ2v) is 7.57. The van der Waals surface area contributed by atoms with Gasteiger partial charge in [-0.1, -0.05) is 18.2 Å². The quantitative estimate of drug-likeness (QED) is 0.213. The van der Waals surface area contributed by atoms with Gasteiger partial charge in [0.1, 0.15) is 6.07 Å². The first-order valence-electron chi connectivity index (χ1n) is 8.60. The lowest BCUT2D eigenvalue weighted by molar-refractivity contribution is -0.385. The fourth-order valence-corrected chi connectivity index (χ4v) is 3.45. The molecule has 0 fully saturated rings. The number of carbonyl (C=O) groups is 1. The summed E-state index contributed by atoms with van der Waals surface area (Å²) >= 11 is 0. The van der Waals surface area contributed by atoms with Crippen LogP contribution in [0.15, 0.2) is 59.1 Å². The van der Waals surface area contributed by atoms with Crippen molar-refractivity contribution < 1.29 is 22.9 Å². The molecule has 156 valence electrons. The molecular weight excluding hydrogens is 412 g/mol. The predicted molar refractivity (Wildman–Crippen MR) is 109 cm³/mol. The summed E-state index contributed by atoms with van der Waals surface area (Å²) < 4.78 is 32.5. The van der Waals surface area contributed by atoms with Gasteiger partial charge in [-0.15, -0.1) is 0 Å². The van der Waals surface area contributed by atoms with Crippen LogP contribution < -0.4 is 10.0 Å². The zero-order valence-electron chi connectivity index (χ0n) is 16.1. The molecular formula is C19H18N4O6S. The molecule has 0 saturated heterocycles. The SMILES string of the molecule is CCOC(=O)/C(C#N)=C/Nc1ccccc1NS(=O)(=O)c1ccc(C)c([N+](=O)[O-])c1. The maximum Gasteiger partial charge on any atom is 0.350 e. The monoisotopic (exact) mass is 430 g/mol. The number of para-hydroxylation sites is 2. The van der Waals surface area contributed by atoms with Gasteiger partial charge in [0.25, 0.3) is 15.7 Å². The van der Waals surface area contributed by atoms with E-state index in [0.717, 1.165) is 12.3 Å². The predicted octanol–water partition coefficient (Wildman–Crippen LogP) is 3.09. The summed E-state index contributed by atoms with van der Waals surface area (Å²) in [5.41, 5.74) is 0.0657. The molecule has 0 amide bonds. The summed E-state index contributed by atoms with van der Waals surface area (Å²) in [5, 5.41) is 22.9. The highest BCUT2D eigenvalue weighted by Gasteiger charge is 2.21. The summed E-state index contributed by atoms with van der Waals surface area (Å²) in [7, 11) is -4.15. The van der Waals surface area contributed by atoms with E-state index >= 15 is 0 Å². The Balaban J connectivity index is 2.34. The molecule has 2 rings (SSSR count). The zero-order valence-corrected chi connectivity index (χ0v) is 16.9. The molecule has 10 nitrogen and oxygen atoms in total. The Morgan fingerprint density at radius 1 is 1.27 bits per heavy atom. The topological polar surface area (TPSA) is 151 Å². The van der Waals surface area contributed by atoms with Crippen molar-refractivity contribution in [1.82, 2.24) is 0 Å². The van der Waals surface area contributed by atoms with Crippen LogP contribution in [0.3, 0.4) is 0 Å². The van der Waals surface area contributed by atoms with Crippen LogP contribution in [0, 0.1) is 28.4 Å². The van der Waals surface area contributed by atoms with Crippen LogP contribution in [0.25, 0.3) is 0 Å². The molecule has 0 radical (unpaired) electrons. The molecule has 11 heteroatoms. The van der Waals surface area contributed by atoms with Gasteiger partial charge >= 0.3 is 5.97 Å². The lowest BCUT2D eigenvalue weighted by Gasteiger charge is -2.13. The Morgan fingerprint density at radius 3 is 2.53 bits per heavy atom. The molecule has 30 heavy (non-hydrogen) atoms. The maximum absolute atomic E-state index is 12.7. The van der Waals surface area contributed by atoms with E-state index in [0.29, 0.717) is 5.56 Å². The zero-order chi connectivity index (χ0) is 22.3. The Hall–Kier alpha value is -3.91. The molecule has 2 N–H and O–H groups in total. The first kappa shape index (κ1) is 22.4. The molecule has 0 saturated carbocycles. The highest BCUT2D eigenvalue weighted by atomic mass is 32.2. The molecule has 0 heterocycles. The van der Waals surface area contributed by atoms with Crippen LogP contribution in [-0.2, 0) is 19.6 Å². The molecule has 0 aliphatic carbocycles. The van der Waals surface area contributed by atoms with Gasteiger partial charge in [0.05, 0.1) is 27.8 Å². The van der Waals surface area contributed by atoms with Crippen molar-refractivity contribution in [3.05, 3.63) is 69.9 Å². The molecule has 0 aliphatic rings. The third-order valence-electron chi connectivity index (χ3n) is 3.85. The van der Waals surface area contributed by atoms with E-state index in [1.54, 1.807) is 25.1 Å². The van der Waals surface area contributed by atoms with Crippen LogP contribution in [0.4, 0.5) is 17.1 Å². The number of sulfonamides is 1. The molecule has 2 aromatic rings. The number of nitro groups is 1. The van der Waals surface area contributed by atoms with Crippen LogP contribution in [0.5, 0.6) is 0 Å². The average Bonchev–Trinajstić information content (AvgIpc) is 2.69. The van der Waals surface area contributed by atoms with Crippen molar-refractivity contribution in [3.8, 4) is 6.07 Å². The van der Waals surface area contributed by atoms with Crippen LogP contribution >= 0.6 is 0 Å². The lowest BCUT2D eigenvalue weighted by atomic mass is 10.2. The van der Waals surface area contributed by atoms with E-state index in [2.05, 4.69) is 10.0 Å². The van der Waals surface area contributed by atoms with Gasteiger partial charge in [0, 0.05) is 17.8 Å². The van der Waals surface area contributed by atoms with Crippen LogP contribution in [0.1, 0.15) is 12.5 Å². The first-order valence-corrected chi connectivity index (χ1v) is 10.1. The van der Waals surface area contributed by atoms with E-state index in [-0.39, 0.29) is 34.1 Å². The number of carbonyl (C=O) groups excluding carboxylic acids is 1. The number of nitriles is 1. The third kappa shape index (κ3) is 5.33. The minimum absolute atomic E-state index is 0.0942. The Morgan fingerprint density at radius 2 is 1.93 bits per heavy atom. The highest BCUT2D eigenvalue weighted by Crippen LogP contribution is 2.27. The van der Waals surface area contributed by atoms with Crippen molar-refractivity contribution >= 4 is 33.1 Å². The summed E-state index contributed by atoms with van der Waals surface area (Å²) in [5.74, 6) is -0.822. The van der Waals surface area contributed by atoms with E-state index < -0.39 is 20.9 Å². The smallest absolute Gasteiger partial charge is 0.350 e. The Labute approximate surface area is 173 Å². The number of nitro benzene ring substituents is 1. The summed E-state index contributed by atoms with van der Waals surface area (Å²) in [6, 6.07) is 11.4. The number of nitrogens with zero attached hydrogens (tertiary/aromatic N) is 2. The third-order valence-corrected chi connectivity index (χ3v) is 5.21. The standard InChI is InChI=1S/C19H18N4O6S/c1-3-29-19(24)14(11-20)12-21-16-6-4-5-7-17(16)22-30(27,28)15-9-8-13(2)18(10-15)23(25)26/h4-10,12,21-22H,3H2,1-2H3/b14-12+. The number of esters is 1. The van der Waals surface area contributed by atoms with Crippen molar-refractivity contribution in [2.45, 2.75) is 18.7 Å². The Bertz CT molecular complexity index is 1150. The largest absolute Gasteiger partial charge is 0.462 e. The van der Waals surface area contributed by atoms with Crippen molar-refractivity contribution in [3.63, 3.8) is 0 Å². The molecule has 0 bridgehead atoms. The van der Waals surface area contributed by atoms with Gasteiger partial charge in [-0.3, -0.25) is 14.8 Å². The summed E-state index contributed by atoms with van der Waals surface area (Å²) in [6.07, 6.45) is 1.10. The summed E-state index contributed by atoms with van der Waals surface area (Å²) in [4.78, 5) is 21.8. The van der Waals surface area contributed by atoms with Gasteiger partial charge < -0.3 is 10.1 Å². The van der Waals surface area contributed by atoms with E-state index in [1.807, 2.05) is 0 Å². The van der Waals surface area contributed by atoms with Crippen molar-refractivity contribution in [1.29, 1.82) is 5.26 Å². The number of aryl methyl sites for hydroxylation is 1. The maximum atomic E-state index is 12.7. The number of anilines is 2. The number of nitrogens with one attached hydrogen (secondary N) is 2. The van der Waals surface area contributed by atoms with Crippen LogP contribution in [-0.4, -0.2) is 25.9 Å². The second kappa shape index (κ2) is 9.53. The first-order chi connectivity index (χ1) is 14.2. The van der Waals surface area contributed by atoms with Gasteiger partial charge in [-0.2, -0.15) is 5.26 Å². The molecule has 0 unspecified atom stereocenters. The lowest BCUT2D eigenvalue weighted by Crippen LogP contribution is -2.14. The molecule has 0 aromatic heterocycles. The minimum atomic E-state index is -4.15. The number of benzene rings is 2. The average molecular weight is 430 g/mol. The van der Waals surface area contributed by atoms with E-state index in [1.165, 1.54) is 31.2 Å². The van der Waals surface area contributed by atoms with Crippen molar-refractivity contribution in [2.75, 3.05) is 16.6 Å². The normalized spacial score (nSPS) is 11.3. The number of ether oxygens (including phenoxy) is 1. The van der Waals surface area contributed by atoms with Crippen molar-refractivity contribution in [2.24, 2.45) is 0 Å². The minimum Gasteiger partial charge on any atom is -0.462 e. The van der Waals surface area contributed by atoms with Crippen LogP contribution in [0.2, 0.25) is 0 Å². The molecule has 0 aliphatic heterocycles. The van der Waals surface area contributed by atoms with Gasteiger partial charge in [0.2, 0.25) is 0 Å². The van der Waals surface area contributed by atoms with Gasteiger partial charge in [-0.25, -0.2) is 13.2 Å². The highest BCUT2D eigenvalue weighted by molar-refractivity contribution is 7.92. The van der Waals surface area contributed by atoms with E-state index in [9.17, 15) is 23.3 Å². The van der Waals surface area contributed by atoms with Gasteiger partial charge in [0.15, 0.2) is 5.57 Å². The molecule has 2 aromatic carbocycles. The molecule has 0 spiro atoms. The van der Waals surface area contributed by atoms with E-state index in [4.69, 9.17) is 10.00 Å². The number of hydrogen-bond acceptors (Lipinski definition) is 8. The fourth-order valence-electron chi connectivity index (χ4n) is 2.35. The second-order valence-electron chi connectivity index (χ2n) is 5.89. The van der Waals surface area contributed by atoms with Gasteiger partial charge in [-0.05, 0) is 32.0 Å². The number of hydrogen-bond donors (Lipinski definition) is 2. The molecule has 0 atom stereocenters.